The molecule has 0 heterocycles. The zero-order valence-corrected chi connectivity index (χ0v) is 16.1. The maximum Gasteiger partial charge on any atom is 0.0516 e. The highest BCUT2D eigenvalue weighted by Gasteiger charge is 2.22. The second kappa shape index (κ2) is 6.92. The normalized spacial score (nSPS) is 14.4. The van der Waals surface area contributed by atoms with E-state index in [0.717, 1.165) is 12.8 Å². The summed E-state index contributed by atoms with van der Waals surface area (Å²) in [5, 5.41) is 0. The Labute approximate surface area is 152 Å². The average molecular weight is 332 g/mol. The second-order valence-electron chi connectivity index (χ2n) is 8.00. The minimum Gasteiger partial charge on any atom is -0.314 e. The van der Waals surface area contributed by atoms with E-state index in [-0.39, 0.29) is 5.41 Å². The fraction of sp³-hybridized carbons (Fsp3) is 0.333. The van der Waals surface area contributed by atoms with Gasteiger partial charge in [-0.15, -0.1) is 0 Å². The van der Waals surface area contributed by atoms with Gasteiger partial charge in [0.15, 0.2) is 0 Å². The summed E-state index contributed by atoms with van der Waals surface area (Å²) in [6.45, 7) is 11.3. The van der Waals surface area contributed by atoms with E-state index in [4.69, 9.17) is 0 Å². The Balaban J connectivity index is 2.17. The lowest BCUT2D eigenvalue weighted by Gasteiger charge is -2.33. The van der Waals surface area contributed by atoms with E-state index in [2.05, 4.69) is 100 Å². The molecule has 1 nitrogen and oxygen atoms in total. The summed E-state index contributed by atoms with van der Waals surface area (Å²) in [5.74, 6) is 0. The van der Waals surface area contributed by atoms with Crippen LogP contribution in [0.2, 0.25) is 0 Å². The first-order valence-corrected chi connectivity index (χ1v) is 9.20. The third kappa shape index (κ3) is 3.71. The first-order valence-electron chi connectivity index (χ1n) is 9.20. The number of hydrogen-bond donors (Lipinski definition) is 0. The van der Waals surface area contributed by atoms with E-state index >= 15 is 0 Å². The predicted octanol–water partition coefficient (Wildman–Crippen LogP) is 6.97. The third-order valence-electron chi connectivity index (χ3n) is 4.87. The number of anilines is 2. The van der Waals surface area contributed by atoms with Crippen LogP contribution in [0.4, 0.5) is 11.4 Å². The minimum atomic E-state index is 0.165. The van der Waals surface area contributed by atoms with E-state index in [1.54, 1.807) is 0 Å². The molecule has 0 atom stereocenters. The summed E-state index contributed by atoms with van der Waals surface area (Å²) in [5.41, 5.74) is 8.16. The molecule has 0 unspecified atom stereocenters. The van der Waals surface area contributed by atoms with Crippen LogP contribution in [0.1, 0.15) is 50.3 Å². The van der Waals surface area contributed by atoms with Gasteiger partial charge >= 0.3 is 0 Å². The molecule has 0 spiro atoms. The van der Waals surface area contributed by atoms with Gasteiger partial charge in [-0.2, -0.15) is 0 Å². The smallest absolute Gasteiger partial charge is 0.0516 e. The van der Waals surface area contributed by atoms with Crippen molar-refractivity contribution >= 4 is 11.4 Å². The van der Waals surface area contributed by atoms with Gasteiger partial charge in [-0.3, -0.25) is 0 Å². The summed E-state index contributed by atoms with van der Waals surface area (Å²) in [7, 11) is 0. The Kier molecular flexibility index (Phi) is 4.85. The zero-order valence-electron chi connectivity index (χ0n) is 16.1. The molecule has 0 radical (unpaired) electrons. The monoisotopic (exact) mass is 331 g/mol. The molecule has 130 valence electrons. The molecule has 2 aromatic rings. The number of aryl methyl sites for hydroxylation is 2. The summed E-state index contributed by atoms with van der Waals surface area (Å²) >= 11 is 0. The number of nitrogens with zero attached hydrogens (tertiary/aromatic N) is 1. The first-order chi connectivity index (χ1) is 11.9. The van der Waals surface area contributed by atoms with Crippen molar-refractivity contribution in [3.05, 3.63) is 83.1 Å². The van der Waals surface area contributed by atoms with Gasteiger partial charge in [0.05, 0.1) is 5.69 Å². The molecule has 1 aliphatic rings. The molecular formula is C24H29N. The number of hydrogen-bond acceptors (Lipinski definition) is 1. The Bertz CT molecular complexity index is 781. The van der Waals surface area contributed by atoms with Gasteiger partial charge in [0.1, 0.15) is 0 Å². The lowest BCUT2D eigenvalue weighted by Crippen LogP contribution is -2.20. The lowest BCUT2D eigenvalue weighted by molar-refractivity contribution is 0.589. The van der Waals surface area contributed by atoms with Crippen molar-refractivity contribution in [3.8, 4) is 0 Å². The lowest BCUT2D eigenvalue weighted by atomic mass is 9.84. The molecule has 0 saturated heterocycles. The van der Waals surface area contributed by atoms with Crippen LogP contribution in [-0.2, 0) is 5.41 Å². The summed E-state index contributed by atoms with van der Waals surface area (Å²) in [4.78, 5) is 2.45. The Hall–Kier alpha value is -2.28. The van der Waals surface area contributed by atoms with Crippen molar-refractivity contribution in [3.63, 3.8) is 0 Å². The van der Waals surface area contributed by atoms with Crippen LogP contribution in [-0.4, -0.2) is 0 Å². The van der Waals surface area contributed by atoms with E-state index in [0.29, 0.717) is 0 Å². The average Bonchev–Trinajstić information content (AvgIpc) is 2.58. The van der Waals surface area contributed by atoms with E-state index < -0.39 is 0 Å². The standard InChI is InChI=1S/C24H29N/c1-18-16-20(24(3,4)5)17-19(2)23(18)25(21-12-8-6-9-13-21)22-14-10-7-11-15-22/h6-10,12-14,16-17H,11,15H2,1-5H3. The number of para-hydroxylation sites is 1. The van der Waals surface area contributed by atoms with Gasteiger partial charge < -0.3 is 4.90 Å². The van der Waals surface area contributed by atoms with Gasteiger partial charge in [0.25, 0.3) is 0 Å². The SMILES string of the molecule is Cc1cc(C(C)(C)C)cc(C)c1N(C1=CC=CCC1)c1ccccc1. The molecule has 2 aromatic carbocycles. The van der Waals surface area contributed by atoms with Crippen molar-refractivity contribution in [1.82, 2.24) is 0 Å². The van der Waals surface area contributed by atoms with Crippen molar-refractivity contribution < 1.29 is 0 Å². The number of rotatable bonds is 3. The third-order valence-corrected chi connectivity index (χ3v) is 4.87. The summed E-state index contributed by atoms with van der Waals surface area (Å²) < 4.78 is 0. The van der Waals surface area contributed by atoms with Crippen molar-refractivity contribution in [2.24, 2.45) is 0 Å². The Morgan fingerprint density at radius 3 is 2.08 bits per heavy atom. The molecule has 1 aliphatic carbocycles. The highest BCUT2D eigenvalue weighted by molar-refractivity contribution is 5.74. The highest BCUT2D eigenvalue weighted by atomic mass is 15.2. The minimum absolute atomic E-state index is 0.165. The largest absolute Gasteiger partial charge is 0.314 e. The molecule has 0 N–H and O–H groups in total. The fourth-order valence-electron chi connectivity index (χ4n) is 3.53. The maximum absolute atomic E-state index is 2.45. The van der Waals surface area contributed by atoms with Crippen LogP contribution < -0.4 is 4.90 Å². The Morgan fingerprint density at radius 1 is 0.920 bits per heavy atom. The predicted molar refractivity (Wildman–Crippen MR) is 110 cm³/mol. The molecule has 0 amide bonds. The van der Waals surface area contributed by atoms with Gasteiger partial charge in [-0.05, 0) is 67.0 Å². The van der Waals surface area contributed by atoms with Crippen LogP contribution in [0.3, 0.4) is 0 Å². The van der Waals surface area contributed by atoms with Crippen molar-refractivity contribution in [2.45, 2.75) is 52.9 Å². The van der Waals surface area contributed by atoms with Crippen LogP contribution in [0.5, 0.6) is 0 Å². The highest BCUT2D eigenvalue weighted by Crippen LogP contribution is 2.39. The van der Waals surface area contributed by atoms with Crippen LogP contribution in [0.15, 0.2) is 66.4 Å². The molecule has 0 saturated carbocycles. The molecule has 25 heavy (non-hydrogen) atoms. The molecule has 0 fully saturated rings. The van der Waals surface area contributed by atoms with E-state index in [9.17, 15) is 0 Å². The van der Waals surface area contributed by atoms with E-state index in [1.807, 2.05) is 0 Å². The van der Waals surface area contributed by atoms with Crippen LogP contribution in [0.25, 0.3) is 0 Å². The summed E-state index contributed by atoms with van der Waals surface area (Å²) in [6, 6.07) is 15.4. The summed E-state index contributed by atoms with van der Waals surface area (Å²) in [6.07, 6.45) is 8.86. The molecule has 0 aromatic heterocycles. The second-order valence-corrected chi connectivity index (χ2v) is 8.00. The van der Waals surface area contributed by atoms with Crippen molar-refractivity contribution in [1.29, 1.82) is 0 Å². The van der Waals surface area contributed by atoms with Crippen LogP contribution >= 0.6 is 0 Å². The number of benzene rings is 2. The molecule has 3 rings (SSSR count). The van der Waals surface area contributed by atoms with Gasteiger partial charge in [0, 0.05) is 11.4 Å². The zero-order chi connectivity index (χ0) is 18.0. The fourth-order valence-corrected chi connectivity index (χ4v) is 3.53. The van der Waals surface area contributed by atoms with Gasteiger partial charge in [0.2, 0.25) is 0 Å². The Morgan fingerprint density at radius 2 is 1.56 bits per heavy atom. The topological polar surface area (TPSA) is 3.24 Å². The van der Waals surface area contributed by atoms with Gasteiger partial charge in [-0.1, -0.05) is 63.3 Å². The van der Waals surface area contributed by atoms with Crippen molar-refractivity contribution in [2.75, 3.05) is 4.90 Å². The first kappa shape index (κ1) is 17.5. The molecule has 1 heteroatoms. The number of allylic oxidation sites excluding steroid dienone is 4. The van der Waals surface area contributed by atoms with Crippen LogP contribution in [0, 0.1) is 13.8 Å². The molecule has 0 bridgehead atoms. The van der Waals surface area contributed by atoms with E-state index in [1.165, 1.54) is 33.8 Å². The molecular weight excluding hydrogens is 302 g/mol. The maximum atomic E-state index is 2.45. The van der Waals surface area contributed by atoms with Gasteiger partial charge in [-0.25, -0.2) is 0 Å². The molecule has 0 aliphatic heterocycles. The quantitative estimate of drug-likeness (QED) is 0.587.